The van der Waals surface area contributed by atoms with Crippen LogP contribution in [0.2, 0.25) is 0 Å². The van der Waals surface area contributed by atoms with Gasteiger partial charge in [-0.3, -0.25) is 9.59 Å². The molecule has 0 radical (unpaired) electrons. The number of hydrogen-bond donors (Lipinski definition) is 0. The molecule has 1 aliphatic rings. The minimum Gasteiger partial charge on any atom is -0.314 e. The topological polar surface area (TPSA) is 86.1 Å². The molecule has 0 saturated heterocycles. The zero-order chi connectivity index (χ0) is 14.2. The molecule has 1 atom stereocenters. The normalized spacial score (nSPS) is 21.9. The summed E-state index contributed by atoms with van der Waals surface area (Å²) in [6.07, 6.45) is 0. The summed E-state index contributed by atoms with van der Waals surface area (Å²) in [7, 11) is 1.61. The third kappa shape index (κ3) is 1.91. The number of halogens is 1. The van der Waals surface area contributed by atoms with Crippen molar-refractivity contribution in [1.29, 1.82) is 0 Å². The molecule has 1 heterocycles. The van der Waals surface area contributed by atoms with Gasteiger partial charge in [-0.1, -0.05) is 11.2 Å². The van der Waals surface area contributed by atoms with Gasteiger partial charge in [0, 0.05) is 23.0 Å². The van der Waals surface area contributed by atoms with Gasteiger partial charge in [-0.15, -0.1) is 0 Å². The van der Waals surface area contributed by atoms with Crippen LogP contribution in [0.3, 0.4) is 0 Å². The number of carbonyl (C=O) groups excluding carboxylic acids is 2. The minimum absolute atomic E-state index is 0.188. The Kier molecular flexibility index (Phi) is 3.34. The molecular weight excluding hydrogens is 312 g/mol. The molecule has 1 aromatic carbocycles. The van der Waals surface area contributed by atoms with Crippen molar-refractivity contribution >= 4 is 33.3 Å². The van der Waals surface area contributed by atoms with Gasteiger partial charge in [0.1, 0.15) is 5.41 Å². The number of benzene rings is 1. The standard InChI is InChI=1S/C12H11BrN4O2/c1-12(6-15-16-14)10(18)9-7(13)4-3-5-8(9)17(2)11(12)19/h3-5H,6H2,1-2H3. The first kappa shape index (κ1) is 13.6. The Morgan fingerprint density at radius 3 is 2.79 bits per heavy atom. The van der Waals surface area contributed by atoms with Gasteiger partial charge < -0.3 is 4.90 Å². The van der Waals surface area contributed by atoms with E-state index in [1.54, 1.807) is 25.2 Å². The molecule has 98 valence electrons. The number of ketones is 1. The van der Waals surface area contributed by atoms with Gasteiger partial charge in [0.25, 0.3) is 0 Å². The predicted octanol–water partition coefficient (Wildman–Crippen LogP) is 2.92. The highest BCUT2D eigenvalue weighted by atomic mass is 79.9. The molecule has 1 unspecified atom stereocenters. The van der Waals surface area contributed by atoms with Gasteiger partial charge in [-0.2, -0.15) is 0 Å². The SMILES string of the molecule is CN1C(=O)C(C)(CN=[N+]=[N-])C(=O)c2c(Br)cccc21. The van der Waals surface area contributed by atoms with Crippen molar-refractivity contribution in [3.63, 3.8) is 0 Å². The summed E-state index contributed by atoms with van der Waals surface area (Å²) < 4.78 is 0.626. The Morgan fingerprint density at radius 2 is 2.16 bits per heavy atom. The highest BCUT2D eigenvalue weighted by Gasteiger charge is 2.48. The lowest BCUT2D eigenvalue weighted by molar-refractivity contribution is -0.124. The van der Waals surface area contributed by atoms with Gasteiger partial charge in [0.05, 0.1) is 11.3 Å². The molecule has 0 N–H and O–H groups in total. The Balaban J connectivity index is 2.65. The molecule has 0 saturated carbocycles. The van der Waals surface area contributed by atoms with Crippen molar-refractivity contribution < 1.29 is 9.59 Å². The van der Waals surface area contributed by atoms with Crippen LogP contribution >= 0.6 is 15.9 Å². The number of anilines is 1. The van der Waals surface area contributed by atoms with Crippen molar-refractivity contribution in [3.8, 4) is 0 Å². The van der Waals surface area contributed by atoms with Crippen molar-refractivity contribution in [2.75, 3.05) is 18.5 Å². The first-order chi connectivity index (χ1) is 8.93. The van der Waals surface area contributed by atoms with E-state index in [-0.39, 0.29) is 18.2 Å². The smallest absolute Gasteiger partial charge is 0.240 e. The average molecular weight is 323 g/mol. The van der Waals surface area contributed by atoms with E-state index in [4.69, 9.17) is 5.53 Å². The summed E-state index contributed by atoms with van der Waals surface area (Å²) in [5.41, 5.74) is 8.07. The number of rotatable bonds is 2. The fourth-order valence-electron chi connectivity index (χ4n) is 2.18. The Hall–Kier alpha value is -1.85. The van der Waals surface area contributed by atoms with Crippen molar-refractivity contribution in [2.24, 2.45) is 10.5 Å². The predicted molar refractivity (Wildman–Crippen MR) is 74.0 cm³/mol. The first-order valence-electron chi connectivity index (χ1n) is 5.56. The average Bonchev–Trinajstić information content (AvgIpc) is 2.40. The maximum absolute atomic E-state index is 12.6. The molecule has 7 heteroatoms. The zero-order valence-corrected chi connectivity index (χ0v) is 12.0. The molecule has 0 aliphatic carbocycles. The van der Waals surface area contributed by atoms with Gasteiger partial charge >= 0.3 is 0 Å². The number of nitrogens with zero attached hydrogens (tertiary/aromatic N) is 4. The van der Waals surface area contributed by atoms with E-state index in [0.29, 0.717) is 15.7 Å². The van der Waals surface area contributed by atoms with E-state index in [0.717, 1.165) is 0 Å². The Morgan fingerprint density at radius 1 is 1.47 bits per heavy atom. The first-order valence-corrected chi connectivity index (χ1v) is 6.35. The molecule has 0 fully saturated rings. The van der Waals surface area contributed by atoms with Crippen molar-refractivity contribution in [2.45, 2.75) is 6.92 Å². The van der Waals surface area contributed by atoms with Crippen molar-refractivity contribution in [3.05, 3.63) is 38.7 Å². The van der Waals surface area contributed by atoms with E-state index in [1.165, 1.54) is 11.8 Å². The molecule has 0 spiro atoms. The number of fused-ring (bicyclic) bond motifs is 1. The van der Waals surface area contributed by atoms with Gasteiger partial charge in [-0.25, -0.2) is 0 Å². The van der Waals surface area contributed by atoms with Crippen LogP contribution in [0.4, 0.5) is 5.69 Å². The quantitative estimate of drug-likeness (QED) is 0.363. The number of amides is 1. The van der Waals surface area contributed by atoms with Crippen LogP contribution in [0.1, 0.15) is 17.3 Å². The summed E-state index contributed by atoms with van der Waals surface area (Å²) in [6, 6.07) is 5.22. The van der Waals surface area contributed by atoms with Crippen LogP contribution in [0, 0.1) is 5.41 Å². The Bertz CT molecular complexity index is 624. The number of carbonyl (C=O) groups is 2. The highest BCUT2D eigenvalue weighted by molar-refractivity contribution is 9.10. The molecule has 1 aromatic rings. The molecular formula is C12H11BrN4O2. The lowest BCUT2D eigenvalue weighted by atomic mass is 9.77. The molecule has 2 rings (SSSR count). The molecule has 1 amide bonds. The fraction of sp³-hybridized carbons (Fsp3) is 0.333. The molecule has 0 aromatic heterocycles. The summed E-state index contributed by atoms with van der Waals surface area (Å²) in [6.45, 7) is 1.32. The largest absolute Gasteiger partial charge is 0.314 e. The number of azide groups is 1. The maximum atomic E-state index is 12.6. The van der Waals surface area contributed by atoms with Crippen LogP contribution in [-0.2, 0) is 4.79 Å². The van der Waals surface area contributed by atoms with Gasteiger partial charge in [0.2, 0.25) is 5.91 Å². The molecule has 6 nitrogen and oxygen atoms in total. The maximum Gasteiger partial charge on any atom is 0.240 e. The lowest BCUT2D eigenvalue weighted by Gasteiger charge is -2.37. The molecule has 19 heavy (non-hydrogen) atoms. The van der Waals surface area contributed by atoms with E-state index in [9.17, 15) is 9.59 Å². The van der Waals surface area contributed by atoms with Crippen LogP contribution < -0.4 is 4.90 Å². The van der Waals surface area contributed by atoms with Crippen LogP contribution in [0.5, 0.6) is 0 Å². The highest BCUT2D eigenvalue weighted by Crippen LogP contribution is 2.40. The monoisotopic (exact) mass is 322 g/mol. The second kappa shape index (κ2) is 4.68. The Labute approximate surface area is 118 Å². The lowest BCUT2D eigenvalue weighted by Crippen LogP contribution is -2.51. The van der Waals surface area contributed by atoms with E-state index >= 15 is 0 Å². The number of hydrogen-bond acceptors (Lipinski definition) is 3. The molecule has 1 aliphatic heterocycles. The van der Waals surface area contributed by atoms with E-state index < -0.39 is 5.41 Å². The minimum atomic E-state index is -1.35. The second-order valence-electron chi connectivity index (χ2n) is 4.55. The van der Waals surface area contributed by atoms with Gasteiger partial charge in [0.15, 0.2) is 5.78 Å². The van der Waals surface area contributed by atoms with E-state index in [2.05, 4.69) is 26.0 Å². The fourth-order valence-corrected chi connectivity index (χ4v) is 2.72. The third-order valence-corrected chi connectivity index (χ3v) is 3.97. The van der Waals surface area contributed by atoms with E-state index in [1.807, 2.05) is 0 Å². The third-order valence-electron chi connectivity index (χ3n) is 3.31. The van der Waals surface area contributed by atoms with Crippen LogP contribution in [0.15, 0.2) is 27.8 Å². The summed E-state index contributed by atoms with van der Waals surface area (Å²) >= 11 is 3.33. The van der Waals surface area contributed by atoms with Crippen LogP contribution in [-0.4, -0.2) is 25.3 Å². The summed E-state index contributed by atoms with van der Waals surface area (Å²) in [4.78, 5) is 29.0. The second-order valence-corrected chi connectivity index (χ2v) is 5.40. The van der Waals surface area contributed by atoms with Crippen LogP contribution in [0.25, 0.3) is 10.4 Å². The summed E-state index contributed by atoms with van der Waals surface area (Å²) in [5.74, 6) is -0.694. The summed E-state index contributed by atoms with van der Waals surface area (Å²) in [5, 5.41) is 3.40. The van der Waals surface area contributed by atoms with Crippen molar-refractivity contribution in [1.82, 2.24) is 0 Å². The molecule has 0 bridgehead atoms. The zero-order valence-electron chi connectivity index (χ0n) is 10.4. The van der Waals surface area contributed by atoms with Gasteiger partial charge in [-0.05, 0) is 40.5 Å². The number of Topliss-reactive ketones (excluding diaryl/α,β-unsaturated/α-hetero) is 1.